The molecule has 0 fully saturated rings. The normalized spacial score (nSPS) is 12.7. The summed E-state index contributed by atoms with van der Waals surface area (Å²) in [5, 5.41) is 7.59. The quantitative estimate of drug-likeness (QED) is 0.834. The Labute approximate surface area is 119 Å². The zero-order chi connectivity index (χ0) is 14.4. The second-order valence-corrected chi connectivity index (χ2v) is 5.44. The van der Waals surface area contributed by atoms with Crippen molar-refractivity contribution in [2.45, 2.75) is 39.3 Å². The van der Waals surface area contributed by atoms with Crippen LogP contribution < -0.4 is 10.9 Å². The maximum Gasteiger partial charge on any atom is 0.287 e. The van der Waals surface area contributed by atoms with Crippen molar-refractivity contribution >= 4 is 17.3 Å². The number of hydrogen-bond donors (Lipinski definition) is 1. The largest absolute Gasteiger partial charge is 0.379 e. The predicted octanol–water partition coefficient (Wildman–Crippen LogP) is 2.06. The third kappa shape index (κ3) is 4.84. The Hall–Kier alpha value is -1.07. The molecule has 0 bridgehead atoms. The zero-order valence-corrected chi connectivity index (χ0v) is 12.9. The van der Waals surface area contributed by atoms with Gasteiger partial charge in [0.2, 0.25) is 0 Å². The minimum Gasteiger partial charge on any atom is -0.379 e. The molecule has 19 heavy (non-hydrogen) atoms. The summed E-state index contributed by atoms with van der Waals surface area (Å²) < 4.78 is 1.42. The highest BCUT2D eigenvalue weighted by Gasteiger charge is 2.11. The van der Waals surface area contributed by atoms with Crippen molar-refractivity contribution in [2.75, 3.05) is 26.0 Å². The van der Waals surface area contributed by atoms with E-state index in [0.717, 1.165) is 19.4 Å². The van der Waals surface area contributed by atoms with Gasteiger partial charge in [-0.2, -0.15) is 5.10 Å². The van der Waals surface area contributed by atoms with Crippen LogP contribution in [-0.2, 0) is 6.54 Å². The van der Waals surface area contributed by atoms with Crippen LogP contribution in [0.3, 0.4) is 0 Å². The molecule has 1 N–H and O–H groups in total. The van der Waals surface area contributed by atoms with Crippen LogP contribution >= 0.6 is 11.6 Å². The van der Waals surface area contributed by atoms with E-state index in [0.29, 0.717) is 12.2 Å². The summed E-state index contributed by atoms with van der Waals surface area (Å²) >= 11 is 6.11. The molecule has 0 radical (unpaired) electrons. The van der Waals surface area contributed by atoms with Crippen LogP contribution in [0.4, 0.5) is 5.69 Å². The lowest BCUT2D eigenvalue weighted by Gasteiger charge is -2.20. The number of aromatic nitrogens is 2. The molecule has 1 atom stereocenters. The van der Waals surface area contributed by atoms with Crippen LogP contribution in [-0.4, -0.2) is 41.4 Å². The lowest BCUT2D eigenvalue weighted by molar-refractivity contribution is 0.392. The van der Waals surface area contributed by atoms with Crippen LogP contribution in [0.1, 0.15) is 26.7 Å². The molecular weight excluding hydrogens is 264 g/mol. The fraction of sp³-hybridized carbons (Fsp3) is 0.692. The molecule has 0 saturated carbocycles. The summed E-state index contributed by atoms with van der Waals surface area (Å²) in [5.74, 6) is 0. The Morgan fingerprint density at radius 2 is 2.21 bits per heavy atom. The van der Waals surface area contributed by atoms with E-state index in [1.54, 1.807) is 6.20 Å². The van der Waals surface area contributed by atoms with Gasteiger partial charge in [-0.25, -0.2) is 4.68 Å². The molecule has 0 aliphatic rings. The number of unbranched alkanes of at least 4 members (excludes halogenated alkanes) is 1. The monoisotopic (exact) mass is 286 g/mol. The van der Waals surface area contributed by atoms with E-state index in [1.807, 2.05) is 21.0 Å². The summed E-state index contributed by atoms with van der Waals surface area (Å²) in [6.07, 6.45) is 3.57. The molecule has 5 nitrogen and oxygen atoms in total. The number of anilines is 1. The van der Waals surface area contributed by atoms with Gasteiger partial charge in [0.15, 0.2) is 0 Å². The van der Waals surface area contributed by atoms with E-state index in [4.69, 9.17) is 11.6 Å². The Balaban J connectivity index is 2.81. The maximum absolute atomic E-state index is 12.0. The molecule has 1 aromatic rings. The average molecular weight is 287 g/mol. The first kappa shape index (κ1) is 16.0. The Morgan fingerprint density at radius 1 is 1.53 bits per heavy atom. The second-order valence-electron chi connectivity index (χ2n) is 5.06. The minimum absolute atomic E-state index is 0.195. The molecule has 0 spiro atoms. The molecule has 0 aromatic carbocycles. The molecule has 0 aliphatic carbocycles. The van der Waals surface area contributed by atoms with Gasteiger partial charge in [-0.05, 0) is 27.4 Å². The molecule has 0 aliphatic heterocycles. The SMILES string of the molecule is CCCCn1ncc(NC(C)CN(C)C)c(Cl)c1=O. The first-order valence-electron chi connectivity index (χ1n) is 6.62. The van der Waals surface area contributed by atoms with Crippen LogP contribution in [0.5, 0.6) is 0 Å². The van der Waals surface area contributed by atoms with Gasteiger partial charge in [0.25, 0.3) is 5.56 Å². The lowest BCUT2D eigenvalue weighted by atomic mass is 10.3. The molecule has 1 aromatic heterocycles. The van der Waals surface area contributed by atoms with Crippen molar-refractivity contribution in [2.24, 2.45) is 0 Å². The van der Waals surface area contributed by atoms with Crippen molar-refractivity contribution in [3.8, 4) is 0 Å². The number of likely N-dealkylation sites (N-methyl/N-ethyl adjacent to an activating group) is 1. The Kier molecular flexibility index (Phi) is 6.31. The fourth-order valence-electron chi connectivity index (χ4n) is 1.89. The fourth-order valence-corrected chi connectivity index (χ4v) is 2.09. The van der Waals surface area contributed by atoms with Gasteiger partial charge < -0.3 is 10.2 Å². The molecule has 0 amide bonds. The Morgan fingerprint density at radius 3 is 2.79 bits per heavy atom. The summed E-state index contributed by atoms with van der Waals surface area (Å²) in [4.78, 5) is 14.1. The van der Waals surface area contributed by atoms with Crippen molar-refractivity contribution in [3.05, 3.63) is 21.6 Å². The number of nitrogens with zero attached hydrogens (tertiary/aromatic N) is 3. The molecule has 1 heterocycles. The number of aryl methyl sites for hydroxylation is 1. The van der Waals surface area contributed by atoms with Gasteiger partial charge in [0.1, 0.15) is 5.02 Å². The van der Waals surface area contributed by atoms with Crippen molar-refractivity contribution in [1.29, 1.82) is 0 Å². The van der Waals surface area contributed by atoms with Gasteiger partial charge in [-0.1, -0.05) is 24.9 Å². The first-order valence-corrected chi connectivity index (χ1v) is 7.00. The van der Waals surface area contributed by atoms with E-state index in [2.05, 4.69) is 22.2 Å². The van der Waals surface area contributed by atoms with Gasteiger partial charge in [0, 0.05) is 19.1 Å². The number of halogens is 1. The average Bonchev–Trinajstić information content (AvgIpc) is 2.33. The highest BCUT2D eigenvalue weighted by atomic mass is 35.5. The molecule has 1 unspecified atom stereocenters. The summed E-state index contributed by atoms with van der Waals surface area (Å²) in [5.41, 5.74) is 0.380. The summed E-state index contributed by atoms with van der Waals surface area (Å²) in [6, 6.07) is 0.195. The first-order chi connectivity index (χ1) is 8.95. The molecule has 108 valence electrons. The topological polar surface area (TPSA) is 50.2 Å². The summed E-state index contributed by atoms with van der Waals surface area (Å²) in [6.45, 7) is 5.59. The molecule has 1 rings (SSSR count). The van der Waals surface area contributed by atoms with Gasteiger partial charge in [0.05, 0.1) is 11.9 Å². The van der Waals surface area contributed by atoms with E-state index in [9.17, 15) is 4.79 Å². The lowest BCUT2D eigenvalue weighted by Crippen LogP contribution is -2.31. The number of rotatable bonds is 7. The van der Waals surface area contributed by atoms with E-state index in [-0.39, 0.29) is 16.6 Å². The van der Waals surface area contributed by atoms with E-state index >= 15 is 0 Å². The van der Waals surface area contributed by atoms with Crippen molar-refractivity contribution in [1.82, 2.24) is 14.7 Å². The second kappa shape index (κ2) is 7.50. The van der Waals surface area contributed by atoms with Crippen LogP contribution in [0.2, 0.25) is 5.02 Å². The number of nitrogens with one attached hydrogen (secondary N) is 1. The third-order valence-corrected chi connectivity index (χ3v) is 3.11. The predicted molar refractivity (Wildman–Crippen MR) is 80.1 cm³/mol. The minimum atomic E-state index is -0.225. The van der Waals surface area contributed by atoms with Gasteiger partial charge >= 0.3 is 0 Å². The van der Waals surface area contributed by atoms with Crippen molar-refractivity contribution < 1.29 is 0 Å². The maximum atomic E-state index is 12.0. The smallest absolute Gasteiger partial charge is 0.287 e. The molecule has 6 heteroatoms. The van der Waals surface area contributed by atoms with Crippen LogP contribution in [0, 0.1) is 0 Å². The van der Waals surface area contributed by atoms with E-state index in [1.165, 1.54) is 4.68 Å². The van der Waals surface area contributed by atoms with Gasteiger partial charge in [-0.3, -0.25) is 4.79 Å². The summed E-state index contributed by atoms with van der Waals surface area (Å²) in [7, 11) is 4.00. The number of hydrogen-bond acceptors (Lipinski definition) is 4. The van der Waals surface area contributed by atoms with E-state index < -0.39 is 0 Å². The zero-order valence-electron chi connectivity index (χ0n) is 12.1. The van der Waals surface area contributed by atoms with Crippen molar-refractivity contribution in [3.63, 3.8) is 0 Å². The highest BCUT2D eigenvalue weighted by Crippen LogP contribution is 2.16. The third-order valence-electron chi connectivity index (χ3n) is 2.75. The van der Waals surface area contributed by atoms with Gasteiger partial charge in [-0.15, -0.1) is 0 Å². The molecular formula is C13H23ClN4O. The standard InChI is InChI=1S/C13H23ClN4O/c1-5-6-7-18-13(19)12(14)11(8-15-18)16-10(2)9-17(3)4/h8,10,16H,5-7,9H2,1-4H3. The molecule has 0 saturated heterocycles. The Bertz CT molecular complexity index is 458. The van der Waals surface area contributed by atoms with Crippen LogP contribution in [0.15, 0.2) is 11.0 Å². The van der Waals surface area contributed by atoms with Crippen LogP contribution in [0.25, 0.3) is 0 Å². The highest BCUT2D eigenvalue weighted by molar-refractivity contribution is 6.32.